The molecule has 2 aliphatic rings. The lowest BCUT2D eigenvalue weighted by atomic mass is 10.1. The number of rotatable bonds is 6. The van der Waals surface area contributed by atoms with E-state index in [0.717, 1.165) is 0 Å². The molecule has 0 unspecified atom stereocenters. The third-order valence-corrected chi connectivity index (χ3v) is 7.80. The molecule has 16 heteroatoms. The Hall–Kier alpha value is -2.14. The molecule has 214 valence electrons. The summed E-state index contributed by atoms with van der Waals surface area (Å²) >= 11 is 13.6. The van der Waals surface area contributed by atoms with E-state index in [4.69, 9.17) is 43.5 Å². The van der Waals surface area contributed by atoms with Crippen molar-refractivity contribution in [3.8, 4) is 0 Å². The first-order valence-electron chi connectivity index (χ1n) is 12.0. The van der Waals surface area contributed by atoms with Crippen LogP contribution in [-0.4, -0.2) is 88.3 Å². The molecule has 2 aliphatic heterocycles. The molecule has 6 atom stereocenters. The normalized spacial score (nSPS) is 26.7. The number of nitrogens with one attached hydrogen (secondary N) is 1. The number of thioether (sulfide) groups is 1. The number of imidazole rings is 1. The van der Waals surface area contributed by atoms with Crippen molar-refractivity contribution in [2.24, 2.45) is 0 Å². The van der Waals surface area contributed by atoms with E-state index in [1.54, 1.807) is 29.0 Å². The fourth-order valence-corrected chi connectivity index (χ4v) is 5.38. The van der Waals surface area contributed by atoms with Gasteiger partial charge < -0.3 is 41.0 Å². The van der Waals surface area contributed by atoms with Crippen LogP contribution in [0, 0.1) is 0 Å². The molecule has 0 bridgehead atoms. The van der Waals surface area contributed by atoms with Crippen LogP contribution in [0.2, 0.25) is 10.0 Å². The number of hydrogen-bond acceptors (Lipinski definition) is 12. The SMILES string of the molecule is CC(C)Nc1nc2cc(Cl)c(Cl)cc2n1[C@H]1O[C@@H](CO)[C@H](O)[C@@H]1O.Nc1ccn([C@@H]2CS[C@H](CO)O2)c(=O)n1. The van der Waals surface area contributed by atoms with Gasteiger partial charge in [-0.05, 0) is 32.0 Å². The van der Waals surface area contributed by atoms with Gasteiger partial charge in [-0.1, -0.05) is 23.2 Å². The van der Waals surface area contributed by atoms with E-state index < -0.39 is 36.8 Å². The highest BCUT2D eigenvalue weighted by Gasteiger charge is 2.44. The van der Waals surface area contributed by atoms with Crippen molar-refractivity contribution in [3.05, 3.63) is 44.9 Å². The highest BCUT2D eigenvalue weighted by Crippen LogP contribution is 2.37. The quantitative estimate of drug-likeness (QED) is 0.236. The van der Waals surface area contributed by atoms with Gasteiger partial charge in [0.15, 0.2) is 6.23 Å². The molecule has 2 saturated heterocycles. The summed E-state index contributed by atoms with van der Waals surface area (Å²) in [5, 5.41) is 42.4. The van der Waals surface area contributed by atoms with Gasteiger partial charge in [-0.25, -0.2) is 9.78 Å². The zero-order chi connectivity index (χ0) is 28.4. The lowest BCUT2D eigenvalue weighted by Gasteiger charge is -2.21. The number of aliphatic hydroxyl groups excluding tert-OH is 4. The highest BCUT2D eigenvalue weighted by atomic mass is 35.5. The molecule has 2 aromatic heterocycles. The molecule has 3 aromatic rings. The van der Waals surface area contributed by atoms with Crippen LogP contribution in [0.25, 0.3) is 11.0 Å². The zero-order valence-electron chi connectivity index (χ0n) is 21.0. The fraction of sp³-hybridized carbons (Fsp3) is 0.522. The minimum absolute atomic E-state index is 0.0572. The van der Waals surface area contributed by atoms with Gasteiger partial charge in [0.2, 0.25) is 5.95 Å². The summed E-state index contributed by atoms with van der Waals surface area (Å²) in [6, 6.07) is 4.88. The maximum absolute atomic E-state index is 11.4. The summed E-state index contributed by atoms with van der Waals surface area (Å²) in [6.07, 6.45) is -3.03. The lowest BCUT2D eigenvalue weighted by Crippen LogP contribution is -2.33. The van der Waals surface area contributed by atoms with Crippen molar-refractivity contribution < 1.29 is 29.9 Å². The molecule has 4 heterocycles. The molecule has 0 radical (unpaired) electrons. The number of halogens is 2. The number of aromatic nitrogens is 4. The number of nitrogens with zero attached hydrogens (tertiary/aromatic N) is 4. The van der Waals surface area contributed by atoms with E-state index in [1.165, 1.54) is 16.3 Å². The van der Waals surface area contributed by atoms with Crippen LogP contribution in [0.4, 0.5) is 11.8 Å². The molecule has 39 heavy (non-hydrogen) atoms. The van der Waals surface area contributed by atoms with Gasteiger partial charge >= 0.3 is 5.69 Å². The summed E-state index contributed by atoms with van der Waals surface area (Å²) in [5.74, 6) is 1.27. The monoisotopic (exact) mass is 604 g/mol. The number of aliphatic hydroxyl groups is 4. The molecule has 2 fully saturated rings. The van der Waals surface area contributed by atoms with E-state index in [9.17, 15) is 20.1 Å². The van der Waals surface area contributed by atoms with Gasteiger partial charge in [0, 0.05) is 18.0 Å². The highest BCUT2D eigenvalue weighted by molar-refractivity contribution is 8.00. The van der Waals surface area contributed by atoms with E-state index in [1.807, 2.05) is 13.8 Å². The standard InChI is InChI=1S/C15H19Cl2N3O4.C8H11N3O3S/c1-6(2)18-15-19-9-3-7(16)8(17)4-10(9)20(15)14-13(23)12(22)11(5-21)24-14;9-5-1-2-11(8(13)10-5)6-4-15-7(3-12)14-6/h3-4,6,11-14,21-23H,5H2,1-2H3,(H,18,19);1-2,6-7,12H,3-4H2,(H2,9,10,13)/t11-,12-,13-,14-;6-,7+/m00/s1. The molecule has 0 amide bonds. The van der Waals surface area contributed by atoms with Gasteiger partial charge in [0.1, 0.15) is 35.8 Å². The van der Waals surface area contributed by atoms with Gasteiger partial charge in [-0.3, -0.25) is 9.13 Å². The maximum Gasteiger partial charge on any atom is 0.351 e. The van der Waals surface area contributed by atoms with E-state index >= 15 is 0 Å². The number of nitrogens with two attached hydrogens (primary N) is 1. The average Bonchev–Trinajstić information content (AvgIpc) is 3.56. The number of hydrogen-bond donors (Lipinski definition) is 6. The van der Waals surface area contributed by atoms with Gasteiger partial charge in [-0.2, -0.15) is 4.98 Å². The molecular weight excluding hydrogens is 575 g/mol. The molecule has 0 spiro atoms. The summed E-state index contributed by atoms with van der Waals surface area (Å²) in [5.41, 5.74) is 5.85. The summed E-state index contributed by atoms with van der Waals surface area (Å²) in [4.78, 5) is 19.5. The Labute approximate surface area is 237 Å². The Bertz CT molecular complexity index is 1360. The molecule has 7 N–H and O–H groups in total. The van der Waals surface area contributed by atoms with E-state index in [2.05, 4.69) is 15.3 Å². The molecule has 0 saturated carbocycles. The number of benzene rings is 1. The molecule has 0 aliphatic carbocycles. The number of nitrogen functional groups attached to an aromatic ring is 1. The first-order valence-corrected chi connectivity index (χ1v) is 13.8. The summed E-state index contributed by atoms with van der Waals surface area (Å²) < 4.78 is 14.0. The van der Waals surface area contributed by atoms with Crippen LogP contribution in [0.3, 0.4) is 0 Å². The van der Waals surface area contributed by atoms with Crippen molar-refractivity contribution >= 4 is 57.8 Å². The second-order valence-corrected chi connectivity index (χ2v) is 11.2. The summed E-state index contributed by atoms with van der Waals surface area (Å²) in [7, 11) is 0. The first kappa shape index (κ1) is 29.8. The van der Waals surface area contributed by atoms with Gasteiger partial charge in [-0.15, -0.1) is 11.8 Å². The maximum atomic E-state index is 11.4. The molecule has 5 rings (SSSR count). The Balaban J connectivity index is 0.000000202. The predicted molar refractivity (Wildman–Crippen MR) is 148 cm³/mol. The van der Waals surface area contributed by atoms with E-state index in [-0.39, 0.29) is 30.1 Å². The average molecular weight is 606 g/mol. The topological polar surface area (TPSA) is 190 Å². The predicted octanol–water partition coefficient (Wildman–Crippen LogP) is 1.18. The Kier molecular flexibility index (Phi) is 9.62. The third-order valence-electron chi connectivity index (χ3n) is 5.97. The van der Waals surface area contributed by atoms with Crippen molar-refractivity contribution in [2.45, 2.75) is 56.1 Å². The van der Waals surface area contributed by atoms with E-state index in [0.29, 0.717) is 32.8 Å². The minimum atomic E-state index is -1.22. The minimum Gasteiger partial charge on any atom is -0.394 e. The fourth-order valence-electron chi connectivity index (χ4n) is 4.13. The molecule has 1 aromatic carbocycles. The van der Waals surface area contributed by atoms with Crippen LogP contribution in [0.5, 0.6) is 0 Å². The van der Waals surface area contributed by atoms with Gasteiger partial charge in [0.25, 0.3) is 0 Å². The largest absolute Gasteiger partial charge is 0.394 e. The smallest absolute Gasteiger partial charge is 0.351 e. The molecule has 13 nitrogen and oxygen atoms in total. The second-order valence-electron chi connectivity index (χ2n) is 9.17. The molecular formula is C23H30Cl2N6O7S. The third kappa shape index (κ3) is 6.45. The first-order chi connectivity index (χ1) is 18.5. The van der Waals surface area contributed by atoms with Crippen LogP contribution in [0.1, 0.15) is 26.3 Å². The van der Waals surface area contributed by atoms with Crippen LogP contribution in [0.15, 0.2) is 29.2 Å². The van der Waals surface area contributed by atoms with Crippen molar-refractivity contribution in [3.63, 3.8) is 0 Å². The second kappa shape index (κ2) is 12.6. The Morgan fingerprint density at radius 2 is 1.87 bits per heavy atom. The van der Waals surface area contributed by atoms with Crippen molar-refractivity contribution in [2.75, 3.05) is 30.0 Å². The summed E-state index contributed by atoms with van der Waals surface area (Å²) in [6.45, 7) is 3.43. The van der Waals surface area contributed by atoms with Crippen LogP contribution in [-0.2, 0) is 9.47 Å². The number of ether oxygens (including phenoxy) is 2. The van der Waals surface area contributed by atoms with Gasteiger partial charge in [0.05, 0.1) is 34.3 Å². The number of fused-ring (bicyclic) bond motifs is 1. The Morgan fingerprint density at radius 3 is 2.46 bits per heavy atom. The number of anilines is 2. The van der Waals surface area contributed by atoms with Crippen molar-refractivity contribution in [1.82, 2.24) is 19.1 Å². The van der Waals surface area contributed by atoms with Crippen LogP contribution >= 0.6 is 35.0 Å². The van der Waals surface area contributed by atoms with Crippen LogP contribution < -0.4 is 16.7 Å². The zero-order valence-corrected chi connectivity index (χ0v) is 23.3. The Morgan fingerprint density at radius 1 is 1.15 bits per heavy atom. The van der Waals surface area contributed by atoms with Crippen molar-refractivity contribution in [1.29, 1.82) is 0 Å². The lowest BCUT2D eigenvalue weighted by molar-refractivity contribution is -0.0499.